The molecule has 2 aromatic heterocycles. The molecular weight excluding hydrogens is 218 g/mol. The summed E-state index contributed by atoms with van der Waals surface area (Å²) in [6, 6.07) is 5.54. The molecular formula is C9H8ClN3S. The van der Waals surface area contributed by atoms with E-state index in [2.05, 4.69) is 9.97 Å². The Balaban J connectivity index is 2.23. The van der Waals surface area contributed by atoms with E-state index in [1.54, 1.807) is 12.3 Å². The molecule has 0 spiro atoms. The molecule has 5 heteroatoms. The van der Waals surface area contributed by atoms with Crippen molar-refractivity contribution < 1.29 is 0 Å². The lowest BCUT2D eigenvalue weighted by Crippen LogP contribution is -1.89. The summed E-state index contributed by atoms with van der Waals surface area (Å²) < 4.78 is 1.94. The molecule has 0 saturated heterocycles. The SMILES string of the molecule is Cn1ccnc1Sc1cccc(Cl)n1. The lowest BCUT2D eigenvalue weighted by atomic mass is 10.5. The second kappa shape index (κ2) is 4.02. The molecule has 0 fully saturated rings. The molecule has 0 aromatic carbocycles. The van der Waals surface area contributed by atoms with E-state index < -0.39 is 0 Å². The Hall–Kier alpha value is -1.00. The third kappa shape index (κ3) is 2.08. The molecule has 0 N–H and O–H groups in total. The van der Waals surface area contributed by atoms with Gasteiger partial charge in [0.2, 0.25) is 0 Å². The van der Waals surface area contributed by atoms with Gasteiger partial charge in [0, 0.05) is 19.4 Å². The predicted octanol–water partition coefficient (Wildman–Crippen LogP) is 2.62. The van der Waals surface area contributed by atoms with Gasteiger partial charge in [0.15, 0.2) is 5.16 Å². The van der Waals surface area contributed by atoms with Gasteiger partial charge < -0.3 is 4.57 Å². The van der Waals surface area contributed by atoms with Crippen molar-refractivity contribution in [2.75, 3.05) is 0 Å². The predicted molar refractivity (Wildman–Crippen MR) is 56.6 cm³/mol. The number of aryl methyl sites for hydroxylation is 1. The highest BCUT2D eigenvalue weighted by Crippen LogP contribution is 2.24. The first-order valence-electron chi connectivity index (χ1n) is 4.03. The van der Waals surface area contributed by atoms with Gasteiger partial charge in [0.25, 0.3) is 0 Å². The zero-order valence-corrected chi connectivity index (χ0v) is 9.09. The number of hydrogen-bond acceptors (Lipinski definition) is 3. The van der Waals surface area contributed by atoms with E-state index in [4.69, 9.17) is 11.6 Å². The second-order valence-corrected chi connectivity index (χ2v) is 4.10. The lowest BCUT2D eigenvalue weighted by Gasteiger charge is -2.00. The summed E-state index contributed by atoms with van der Waals surface area (Å²) in [5.74, 6) is 0. The van der Waals surface area contributed by atoms with Crippen LogP contribution in [0.3, 0.4) is 0 Å². The highest BCUT2D eigenvalue weighted by Gasteiger charge is 2.03. The fourth-order valence-electron chi connectivity index (χ4n) is 0.990. The Bertz CT molecular complexity index is 441. The molecule has 0 aliphatic heterocycles. The molecule has 72 valence electrons. The number of imidazole rings is 1. The van der Waals surface area contributed by atoms with Gasteiger partial charge in [-0.15, -0.1) is 0 Å². The minimum absolute atomic E-state index is 0.504. The van der Waals surface area contributed by atoms with Crippen LogP contribution in [-0.4, -0.2) is 14.5 Å². The largest absolute Gasteiger partial charge is 0.329 e. The fourth-order valence-corrected chi connectivity index (χ4v) is 2.00. The summed E-state index contributed by atoms with van der Waals surface area (Å²) in [5, 5.41) is 2.26. The molecule has 0 saturated carbocycles. The number of pyridine rings is 1. The summed E-state index contributed by atoms with van der Waals surface area (Å²) in [5.41, 5.74) is 0. The molecule has 0 unspecified atom stereocenters. The Morgan fingerprint density at radius 2 is 2.29 bits per heavy atom. The first kappa shape index (κ1) is 9.55. The second-order valence-electron chi connectivity index (χ2n) is 2.72. The van der Waals surface area contributed by atoms with Crippen molar-refractivity contribution in [1.82, 2.24) is 14.5 Å². The van der Waals surface area contributed by atoms with Crippen LogP contribution in [0.2, 0.25) is 5.15 Å². The van der Waals surface area contributed by atoms with Gasteiger partial charge in [0.05, 0.1) is 0 Å². The third-order valence-electron chi connectivity index (χ3n) is 1.66. The number of hydrogen-bond donors (Lipinski definition) is 0. The quantitative estimate of drug-likeness (QED) is 0.737. The van der Waals surface area contributed by atoms with E-state index in [9.17, 15) is 0 Å². The Morgan fingerprint density at radius 1 is 1.43 bits per heavy atom. The summed E-state index contributed by atoms with van der Waals surface area (Å²) in [7, 11) is 1.94. The summed E-state index contributed by atoms with van der Waals surface area (Å²) in [6.07, 6.45) is 3.65. The van der Waals surface area contributed by atoms with E-state index in [1.165, 1.54) is 11.8 Å². The van der Waals surface area contributed by atoms with Crippen LogP contribution in [0.1, 0.15) is 0 Å². The van der Waals surface area contributed by atoms with Gasteiger partial charge in [-0.2, -0.15) is 0 Å². The maximum Gasteiger partial charge on any atom is 0.174 e. The first-order chi connectivity index (χ1) is 6.75. The van der Waals surface area contributed by atoms with Crippen LogP contribution in [0.25, 0.3) is 0 Å². The normalized spacial score (nSPS) is 10.4. The molecule has 3 nitrogen and oxygen atoms in total. The molecule has 2 aromatic rings. The van der Waals surface area contributed by atoms with Gasteiger partial charge in [-0.25, -0.2) is 9.97 Å². The molecule has 2 rings (SSSR count). The van der Waals surface area contributed by atoms with Crippen molar-refractivity contribution >= 4 is 23.4 Å². The average Bonchev–Trinajstić information content (AvgIpc) is 2.52. The molecule has 0 amide bonds. The average molecular weight is 226 g/mol. The highest BCUT2D eigenvalue weighted by molar-refractivity contribution is 7.99. The summed E-state index contributed by atoms with van der Waals surface area (Å²) >= 11 is 7.26. The molecule has 0 atom stereocenters. The van der Waals surface area contributed by atoms with Crippen LogP contribution in [0, 0.1) is 0 Å². The molecule has 14 heavy (non-hydrogen) atoms. The monoisotopic (exact) mass is 225 g/mol. The minimum atomic E-state index is 0.504. The zero-order chi connectivity index (χ0) is 9.97. The molecule has 0 bridgehead atoms. The van der Waals surface area contributed by atoms with Crippen LogP contribution < -0.4 is 0 Å². The standard InChI is InChI=1S/C9H8ClN3S/c1-13-6-5-11-9(13)14-8-4-2-3-7(10)12-8/h2-6H,1H3. The lowest BCUT2D eigenvalue weighted by molar-refractivity contribution is 0.788. The van der Waals surface area contributed by atoms with Crippen molar-refractivity contribution in [2.24, 2.45) is 7.05 Å². The van der Waals surface area contributed by atoms with E-state index >= 15 is 0 Å². The van der Waals surface area contributed by atoms with E-state index in [-0.39, 0.29) is 0 Å². The summed E-state index contributed by atoms with van der Waals surface area (Å²) in [6.45, 7) is 0. The number of aromatic nitrogens is 3. The van der Waals surface area contributed by atoms with Crippen LogP contribution in [0.4, 0.5) is 0 Å². The van der Waals surface area contributed by atoms with Crippen LogP contribution in [-0.2, 0) is 7.05 Å². The van der Waals surface area contributed by atoms with Crippen molar-refractivity contribution in [3.63, 3.8) is 0 Å². The van der Waals surface area contributed by atoms with Crippen molar-refractivity contribution in [3.05, 3.63) is 35.7 Å². The third-order valence-corrected chi connectivity index (χ3v) is 2.89. The van der Waals surface area contributed by atoms with Gasteiger partial charge in [-0.3, -0.25) is 0 Å². The Kier molecular flexibility index (Phi) is 2.74. The van der Waals surface area contributed by atoms with Gasteiger partial charge in [-0.1, -0.05) is 17.7 Å². The first-order valence-corrected chi connectivity index (χ1v) is 5.23. The van der Waals surface area contributed by atoms with Crippen molar-refractivity contribution in [3.8, 4) is 0 Å². The molecule has 0 aliphatic carbocycles. The van der Waals surface area contributed by atoms with Crippen LogP contribution >= 0.6 is 23.4 Å². The maximum absolute atomic E-state index is 5.77. The zero-order valence-electron chi connectivity index (χ0n) is 7.51. The topological polar surface area (TPSA) is 30.7 Å². The smallest absolute Gasteiger partial charge is 0.174 e. The van der Waals surface area contributed by atoms with Crippen LogP contribution in [0.15, 0.2) is 40.8 Å². The van der Waals surface area contributed by atoms with E-state index in [1.807, 2.05) is 29.9 Å². The summed E-state index contributed by atoms with van der Waals surface area (Å²) in [4.78, 5) is 8.35. The number of nitrogens with zero attached hydrogens (tertiary/aromatic N) is 3. The fraction of sp³-hybridized carbons (Fsp3) is 0.111. The van der Waals surface area contributed by atoms with Gasteiger partial charge >= 0.3 is 0 Å². The molecule has 0 aliphatic rings. The van der Waals surface area contributed by atoms with Crippen molar-refractivity contribution in [2.45, 2.75) is 10.2 Å². The maximum atomic E-state index is 5.77. The Labute approximate surface area is 91.1 Å². The van der Waals surface area contributed by atoms with Gasteiger partial charge in [-0.05, 0) is 23.9 Å². The number of rotatable bonds is 2. The minimum Gasteiger partial charge on any atom is -0.329 e. The van der Waals surface area contributed by atoms with Crippen LogP contribution in [0.5, 0.6) is 0 Å². The molecule has 0 radical (unpaired) electrons. The van der Waals surface area contributed by atoms with E-state index in [0.717, 1.165) is 10.2 Å². The Morgan fingerprint density at radius 3 is 2.93 bits per heavy atom. The van der Waals surface area contributed by atoms with E-state index in [0.29, 0.717) is 5.15 Å². The molecule has 2 heterocycles. The highest BCUT2D eigenvalue weighted by atomic mass is 35.5. The van der Waals surface area contributed by atoms with Crippen molar-refractivity contribution in [1.29, 1.82) is 0 Å². The van der Waals surface area contributed by atoms with Gasteiger partial charge in [0.1, 0.15) is 10.2 Å². The number of halogens is 1.